The fourth-order valence-electron chi connectivity index (χ4n) is 3.79. The summed E-state index contributed by atoms with van der Waals surface area (Å²) in [7, 11) is 0. The van der Waals surface area contributed by atoms with E-state index < -0.39 is 17.6 Å². The predicted octanol–water partition coefficient (Wildman–Crippen LogP) is 4.69. The van der Waals surface area contributed by atoms with Gasteiger partial charge in [-0.25, -0.2) is 0 Å². The summed E-state index contributed by atoms with van der Waals surface area (Å²) < 4.78 is 45.0. The number of alkyl halides is 3. The van der Waals surface area contributed by atoms with Gasteiger partial charge in [0.1, 0.15) is 6.26 Å². The minimum Gasteiger partial charge on any atom is -0.391 e. The fourth-order valence-corrected chi connectivity index (χ4v) is 3.79. The van der Waals surface area contributed by atoms with Gasteiger partial charge in [0.15, 0.2) is 0 Å². The van der Waals surface area contributed by atoms with E-state index in [9.17, 15) is 23.1 Å². The lowest BCUT2D eigenvalue weighted by molar-refractivity contribution is -0.138. The summed E-state index contributed by atoms with van der Waals surface area (Å²) in [5, 5.41) is 13.3. The molecule has 0 radical (unpaired) electrons. The van der Waals surface area contributed by atoms with E-state index in [0.717, 1.165) is 11.6 Å². The molecule has 1 aromatic heterocycles. The van der Waals surface area contributed by atoms with Crippen molar-refractivity contribution in [2.45, 2.75) is 38.6 Å². The number of benzene rings is 2. The van der Waals surface area contributed by atoms with Crippen molar-refractivity contribution in [2.75, 3.05) is 4.90 Å². The Balaban J connectivity index is 1.61. The van der Waals surface area contributed by atoms with E-state index in [1.54, 1.807) is 18.2 Å². The molecule has 0 fully saturated rings. The van der Waals surface area contributed by atoms with Crippen LogP contribution in [0.2, 0.25) is 0 Å². The van der Waals surface area contributed by atoms with Crippen LogP contribution in [0.3, 0.4) is 0 Å². The van der Waals surface area contributed by atoms with Crippen LogP contribution in [0.1, 0.15) is 51.1 Å². The first-order chi connectivity index (χ1) is 14.3. The third-order valence-corrected chi connectivity index (χ3v) is 5.42. The molecular formula is C22H19F3N2O3. The molecule has 2 heterocycles. The van der Waals surface area contributed by atoms with Gasteiger partial charge >= 0.3 is 6.18 Å². The van der Waals surface area contributed by atoms with Crippen LogP contribution in [0.5, 0.6) is 0 Å². The summed E-state index contributed by atoms with van der Waals surface area (Å²) in [6, 6.07) is 10.9. The van der Waals surface area contributed by atoms with Gasteiger partial charge in [0, 0.05) is 23.2 Å². The second-order valence-electron chi connectivity index (χ2n) is 7.37. The van der Waals surface area contributed by atoms with Crippen molar-refractivity contribution in [3.63, 3.8) is 0 Å². The average Bonchev–Trinajstić information content (AvgIpc) is 3.31. The first-order valence-corrected chi connectivity index (χ1v) is 9.43. The summed E-state index contributed by atoms with van der Waals surface area (Å²) in [5.41, 5.74) is 2.01. The number of rotatable bonds is 5. The number of anilines is 1. The highest BCUT2D eigenvalue weighted by atomic mass is 19.4. The van der Waals surface area contributed by atoms with Gasteiger partial charge in [-0.1, -0.05) is 30.3 Å². The highest BCUT2D eigenvalue weighted by molar-refractivity contribution is 6.10. The van der Waals surface area contributed by atoms with Gasteiger partial charge in [-0.2, -0.15) is 13.2 Å². The maximum atomic E-state index is 13.4. The standard InChI is InChI=1S/C22H19F3N2O3/c1-13(8-20-15(11-28)12-30-26-20)14-4-2-5-16(9-14)27-10-18-17(21(27)29)6-3-7-19(18)22(23,24)25/h2-7,9,12-13,28H,8,10-11H2,1H3/t13-/m0/s1. The van der Waals surface area contributed by atoms with Crippen molar-refractivity contribution in [3.8, 4) is 0 Å². The smallest absolute Gasteiger partial charge is 0.391 e. The maximum absolute atomic E-state index is 13.4. The number of amides is 1. The quantitative estimate of drug-likeness (QED) is 0.655. The van der Waals surface area contributed by atoms with Crippen LogP contribution >= 0.6 is 0 Å². The number of aliphatic hydroxyl groups is 1. The lowest BCUT2D eigenvalue weighted by atomic mass is 9.94. The first kappa shape index (κ1) is 20.2. The monoisotopic (exact) mass is 416 g/mol. The Kier molecular flexibility index (Phi) is 5.11. The lowest BCUT2D eigenvalue weighted by Crippen LogP contribution is -2.23. The van der Waals surface area contributed by atoms with Crippen molar-refractivity contribution < 1.29 is 27.6 Å². The molecule has 0 saturated heterocycles. The summed E-state index contributed by atoms with van der Waals surface area (Å²) in [6.07, 6.45) is -2.60. The molecule has 2 aromatic carbocycles. The van der Waals surface area contributed by atoms with Gasteiger partial charge in [-0.15, -0.1) is 0 Å². The van der Waals surface area contributed by atoms with E-state index in [4.69, 9.17) is 4.52 Å². The molecule has 30 heavy (non-hydrogen) atoms. The van der Waals surface area contributed by atoms with Crippen LogP contribution < -0.4 is 4.90 Å². The molecule has 1 atom stereocenters. The van der Waals surface area contributed by atoms with E-state index in [1.165, 1.54) is 23.3 Å². The van der Waals surface area contributed by atoms with E-state index in [1.807, 2.05) is 13.0 Å². The molecule has 0 saturated carbocycles. The Morgan fingerprint density at radius 2 is 2.00 bits per heavy atom. The highest BCUT2D eigenvalue weighted by Crippen LogP contribution is 2.39. The van der Waals surface area contributed by atoms with Crippen molar-refractivity contribution in [1.29, 1.82) is 0 Å². The molecule has 1 amide bonds. The summed E-state index contributed by atoms with van der Waals surface area (Å²) in [5.74, 6) is -0.453. The minimum atomic E-state index is -4.51. The maximum Gasteiger partial charge on any atom is 0.416 e. The number of hydrogen-bond donors (Lipinski definition) is 1. The minimum absolute atomic E-state index is 0.00337. The number of aliphatic hydroxyl groups excluding tert-OH is 1. The summed E-state index contributed by atoms with van der Waals surface area (Å²) in [6.45, 7) is 1.67. The van der Waals surface area contributed by atoms with Gasteiger partial charge in [-0.05, 0) is 41.3 Å². The zero-order chi connectivity index (χ0) is 21.5. The topological polar surface area (TPSA) is 66.6 Å². The Hall–Kier alpha value is -3.13. The summed E-state index contributed by atoms with van der Waals surface area (Å²) >= 11 is 0. The third-order valence-electron chi connectivity index (χ3n) is 5.42. The Labute approximate surface area is 170 Å². The SMILES string of the molecule is C[C@@H](Cc1nocc1CO)c1cccc(N2Cc3c(cccc3C(F)(F)F)C2=O)c1. The normalized spacial score (nSPS) is 14.8. The second-order valence-corrected chi connectivity index (χ2v) is 7.37. The number of carbonyl (C=O) groups excluding carboxylic acids is 1. The molecule has 3 aromatic rings. The van der Waals surface area contributed by atoms with E-state index in [2.05, 4.69) is 5.16 Å². The Morgan fingerprint density at radius 3 is 2.73 bits per heavy atom. The molecule has 0 unspecified atom stereocenters. The fraction of sp³-hybridized carbons (Fsp3) is 0.273. The lowest BCUT2D eigenvalue weighted by Gasteiger charge is -2.19. The van der Waals surface area contributed by atoms with Gasteiger partial charge in [-0.3, -0.25) is 4.79 Å². The zero-order valence-corrected chi connectivity index (χ0v) is 16.1. The van der Waals surface area contributed by atoms with Crippen molar-refractivity contribution in [2.24, 2.45) is 0 Å². The van der Waals surface area contributed by atoms with Crippen LogP contribution in [-0.4, -0.2) is 16.2 Å². The first-order valence-electron chi connectivity index (χ1n) is 9.43. The number of halogens is 3. The molecule has 156 valence electrons. The Morgan fingerprint density at radius 1 is 1.23 bits per heavy atom. The van der Waals surface area contributed by atoms with E-state index in [0.29, 0.717) is 23.4 Å². The van der Waals surface area contributed by atoms with E-state index >= 15 is 0 Å². The van der Waals surface area contributed by atoms with Gasteiger partial charge in [0.05, 0.1) is 24.4 Å². The van der Waals surface area contributed by atoms with Crippen LogP contribution in [0.4, 0.5) is 18.9 Å². The largest absolute Gasteiger partial charge is 0.416 e. The van der Waals surface area contributed by atoms with Crippen molar-refractivity contribution in [1.82, 2.24) is 5.16 Å². The second kappa shape index (κ2) is 7.60. The average molecular weight is 416 g/mol. The molecule has 0 aliphatic carbocycles. The number of fused-ring (bicyclic) bond motifs is 1. The molecule has 0 spiro atoms. The van der Waals surface area contributed by atoms with Crippen LogP contribution in [-0.2, 0) is 25.7 Å². The van der Waals surface area contributed by atoms with Gasteiger partial charge in [0.2, 0.25) is 0 Å². The number of hydrogen-bond acceptors (Lipinski definition) is 4. The predicted molar refractivity (Wildman–Crippen MR) is 103 cm³/mol. The molecule has 1 aliphatic heterocycles. The number of nitrogens with zero attached hydrogens (tertiary/aromatic N) is 2. The van der Waals surface area contributed by atoms with Crippen molar-refractivity contribution >= 4 is 11.6 Å². The van der Waals surface area contributed by atoms with E-state index in [-0.39, 0.29) is 30.2 Å². The molecule has 1 N–H and O–H groups in total. The number of aromatic nitrogens is 1. The highest BCUT2D eigenvalue weighted by Gasteiger charge is 2.39. The van der Waals surface area contributed by atoms with Crippen LogP contribution in [0, 0.1) is 0 Å². The zero-order valence-electron chi connectivity index (χ0n) is 16.1. The molecule has 4 rings (SSSR count). The molecule has 1 aliphatic rings. The molecular weight excluding hydrogens is 397 g/mol. The molecule has 5 nitrogen and oxygen atoms in total. The Bertz CT molecular complexity index is 1090. The third kappa shape index (κ3) is 3.59. The number of carbonyl (C=O) groups is 1. The molecule has 0 bridgehead atoms. The van der Waals surface area contributed by atoms with Gasteiger partial charge in [0.25, 0.3) is 5.91 Å². The van der Waals surface area contributed by atoms with Crippen LogP contribution in [0.15, 0.2) is 53.3 Å². The summed E-state index contributed by atoms with van der Waals surface area (Å²) in [4.78, 5) is 14.2. The van der Waals surface area contributed by atoms with Crippen molar-refractivity contribution in [3.05, 3.63) is 82.2 Å². The molecule has 8 heteroatoms. The van der Waals surface area contributed by atoms with Crippen LogP contribution in [0.25, 0.3) is 0 Å². The van der Waals surface area contributed by atoms with Gasteiger partial charge < -0.3 is 14.5 Å².